The first-order valence-corrected chi connectivity index (χ1v) is 11.7. The fourth-order valence-corrected chi connectivity index (χ4v) is 4.43. The second kappa shape index (κ2) is 12.0. The van der Waals surface area contributed by atoms with Crippen LogP contribution in [-0.2, 0) is 14.4 Å². The van der Waals surface area contributed by atoms with E-state index in [-0.39, 0.29) is 11.8 Å². The highest BCUT2D eigenvalue weighted by Gasteiger charge is 2.25. The highest BCUT2D eigenvalue weighted by molar-refractivity contribution is 5.92. The number of para-hydroxylation sites is 2. The molecule has 6 heteroatoms. The number of rotatable bonds is 9. The molecule has 0 aliphatic carbocycles. The Bertz CT molecular complexity index is 991. The van der Waals surface area contributed by atoms with Crippen molar-refractivity contribution in [2.24, 2.45) is 0 Å². The molecule has 1 aliphatic rings. The Morgan fingerprint density at radius 2 is 1.70 bits per heavy atom. The topological polar surface area (TPSA) is 69.7 Å². The molecule has 1 N–H and O–H groups in total. The first kappa shape index (κ1) is 24.3. The third-order valence-corrected chi connectivity index (χ3v) is 6.17. The zero-order chi connectivity index (χ0) is 23.6. The van der Waals surface area contributed by atoms with Gasteiger partial charge in [-0.1, -0.05) is 43.3 Å². The van der Waals surface area contributed by atoms with Gasteiger partial charge in [0.25, 0.3) is 0 Å². The number of likely N-dealkylation sites (tertiary alicyclic amines) is 1. The summed E-state index contributed by atoms with van der Waals surface area (Å²) in [4.78, 5) is 39.8. The molecule has 0 unspecified atom stereocenters. The normalized spacial score (nSPS) is 13.8. The fourth-order valence-electron chi connectivity index (χ4n) is 4.43. The minimum Gasteiger partial charge on any atom is -0.366 e. The van der Waals surface area contributed by atoms with Crippen LogP contribution in [0.1, 0.15) is 57.4 Å². The van der Waals surface area contributed by atoms with Crippen LogP contribution in [0.5, 0.6) is 0 Å². The van der Waals surface area contributed by atoms with E-state index in [4.69, 9.17) is 0 Å². The molecule has 33 heavy (non-hydrogen) atoms. The predicted molar refractivity (Wildman–Crippen MR) is 132 cm³/mol. The van der Waals surface area contributed by atoms with E-state index in [1.165, 1.54) is 0 Å². The average Bonchev–Trinajstić information content (AvgIpc) is 2.83. The molecule has 2 amide bonds. The Morgan fingerprint density at radius 1 is 1.03 bits per heavy atom. The molecule has 0 spiro atoms. The predicted octanol–water partition coefficient (Wildman–Crippen LogP) is 4.76. The number of benzene rings is 2. The summed E-state index contributed by atoms with van der Waals surface area (Å²) in [5, 5.41) is 3.06. The second-order valence-electron chi connectivity index (χ2n) is 8.45. The summed E-state index contributed by atoms with van der Waals surface area (Å²) in [5.41, 5.74) is 3.49. The molecule has 174 valence electrons. The zero-order valence-corrected chi connectivity index (χ0v) is 19.5. The van der Waals surface area contributed by atoms with Crippen LogP contribution in [0, 0.1) is 0 Å². The number of nitrogens with zero attached hydrogens (tertiary/aromatic N) is 2. The van der Waals surface area contributed by atoms with Crippen LogP contribution in [0.25, 0.3) is 0 Å². The molecular formula is C27H33N3O3. The van der Waals surface area contributed by atoms with Crippen molar-refractivity contribution in [2.75, 3.05) is 29.9 Å². The molecule has 0 aromatic heterocycles. The molecule has 1 heterocycles. The van der Waals surface area contributed by atoms with Crippen molar-refractivity contribution in [3.05, 3.63) is 65.9 Å². The van der Waals surface area contributed by atoms with Crippen LogP contribution < -0.4 is 10.2 Å². The lowest BCUT2D eigenvalue weighted by Gasteiger charge is -2.35. The van der Waals surface area contributed by atoms with Gasteiger partial charge in [0.1, 0.15) is 11.6 Å². The van der Waals surface area contributed by atoms with Gasteiger partial charge in [-0.15, -0.1) is 0 Å². The van der Waals surface area contributed by atoms with Gasteiger partial charge in [0.05, 0.1) is 0 Å². The largest absolute Gasteiger partial charge is 0.366 e. The first-order valence-electron chi connectivity index (χ1n) is 11.7. The SMILES string of the molecule is CCCC(=O)Nc1ccccc1C1CCN(C(=C=O)CCN(C(C)=O)c2ccccc2)CC1. The zero-order valence-electron chi connectivity index (χ0n) is 19.5. The summed E-state index contributed by atoms with van der Waals surface area (Å²) in [6, 6.07) is 17.5. The van der Waals surface area contributed by atoms with Crippen molar-refractivity contribution >= 4 is 29.1 Å². The average molecular weight is 448 g/mol. The van der Waals surface area contributed by atoms with Gasteiger partial charge in [0.15, 0.2) is 0 Å². The molecule has 0 bridgehead atoms. The number of carbonyl (C=O) groups is 2. The quantitative estimate of drug-likeness (QED) is 0.563. The molecule has 2 aromatic rings. The molecule has 3 rings (SSSR count). The van der Waals surface area contributed by atoms with E-state index in [2.05, 4.69) is 22.2 Å². The number of nitrogens with one attached hydrogen (secondary N) is 1. The van der Waals surface area contributed by atoms with Crippen molar-refractivity contribution in [1.29, 1.82) is 0 Å². The molecule has 0 radical (unpaired) electrons. The van der Waals surface area contributed by atoms with Gasteiger partial charge in [0.2, 0.25) is 11.8 Å². The number of hydrogen-bond acceptors (Lipinski definition) is 4. The Kier molecular flexibility index (Phi) is 8.85. The lowest BCUT2D eigenvalue weighted by molar-refractivity contribution is -0.117. The highest BCUT2D eigenvalue weighted by Crippen LogP contribution is 2.34. The van der Waals surface area contributed by atoms with Crippen molar-refractivity contribution in [2.45, 2.75) is 51.9 Å². The molecular weight excluding hydrogens is 414 g/mol. The summed E-state index contributed by atoms with van der Waals surface area (Å²) >= 11 is 0. The van der Waals surface area contributed by atoms with E-state index in [0.29, 0.717) is 31.0 Å². The first-order chi connectivity index (χ1) is 16.0. The van der Waals surface area contributed by atoms with E-state index in [0.717, 1.165) is 49.3 Å². The molecule has 2 aromatic carbocycles. The highest BCUT2D eigenvalue weighted by atomic mass is 16.2. The van der Waals surface area contributed by atoms with Gasteiger partial charge in [-0.05, 0) is 48.9 Å². The number of anilines is 2. The Hall–Kier alpha value is -3.37. The molecule has 1 fully saturated rings. The standard InChI is InChI=1S/C27H33N3O3/c1-3-9-27(33)28-26-13-8-7-12-25(26)22-14-17-29(18-15-22)24(20-31)16-19-30(21(2)32)23-10-5-4-6-11-23/h4-8,10-13,22H,3,9,14-19H2,1-2H3,(H,28,33). The monoisotopic (exact) mass is 447 g/mol. The van der Waals surface area contributed by atoms with Gasteiger partial charge >= 0.3 is 0 Å². The van der Waals surface area contributed by atoms with E-state index in [1.807, 2.05) is 55.5 Å². The number of carbonyl (C=O) groups excluding carboxylic acids is 3. The molecule has 6 nitrogen and oxygen atoms in total. The van der Waals surface area contributed by atoms with Crippen LogP contribution in [0.2, 0.25) is 0 Å². The van der Waals surface area contributed by atoms with Gasteiger partial charge in [-0.2, -0.15) is 0 Å². The van der Waals surface area contributed by atoms with Crippen LogP contribution in [0.15, 0.2) is 60.3 Å². The van der Waals surface area contributed by atoms with Crippen molar-refractivity contribution in [3.8, 4) is 0 Å². The maximum Gasteiger partial charge on any atom is 0.224 e. The van der Waals surface area contributed by atoms with Gasteiger partial charge in [-0.25, -0.2) is 4.79 Å². The van der Waals surface area contributed by atoms with Crippen LogP contribution in [-0.4, -0.2) is 42.3 Å². The van der Waals surface area contributed by atoms with Crippen LogP contribution in [0.4, 0.5) is 11.4 Å². The third-order valence-electron chi connectivity index (χ3n) is 6.17. The summed E-state index contributed by atoms with van der Waals surface area (Å²) in [7, 11) is 0. The third kappa shape index (κ3) is 6.56. The number of piperidine rings is 1. The van der Waals surface area contributed by atoms with Crippen molar-refractivity contribution in [1.82, 2.24) is 4.90 Å². The summed E-state index contributed by atoms with van der Waals surface area (Å²) < 4.78 is 0. The maximum absolute atomic E-state index is 12.1. The Balaban J connectivity index is 1.60. The Labute approximate surface area is 196 Å². The minimum absolute atomic E-state index is 0.0435. The van der Waals surface area contributed by atoms with E-state index >= 15 is 0 Å². The Morgan fingerprint density at radius 3 is 2.33 bits per heavy atom. The summed E-state index contributed by atoms with van der Waals surface area (Å²) in [6.45, 7) is 5.47. The number of hydrogen-bond donors (Lipinski definition) is 1. The molecule has 0 atom stereocenters. The second-order valence-corrected chi connectivity index (χ2v) is 8.45. The summed E-state index contributed by atoms with van der Waals surface area (Å²) in [6.07, 6.45) is 3.58. The van der Waals surface area contributed by atoms with Crippen molar-refractivity contribution < 1.29 is 14.4 Å². The number of amides is 2. The lowest BCUT2D eigenvalue weighted by Crippen LogP contribution is -2.36. The van der Waals surface area contributed by atoms with Crippen LogP contribution in [0.3, 0.4) is 0 Å². The lowest BCUT2D eigenvalue weighted by atomic mass is 9.88. The van der Waals surface area contributed by atoms with E-state index < -0.39 is 0 Å². The minimum atomic E-state index is -0.0492. The smallest absolute Gasteiger partial charge is 0.224 e. The van der Waals surface area contributed by atoms with Crippen molar-refractivity contribution in [3.63, 3.8) is 0 Å². The van der Waals surface area contributed by atoms with Gasteiger partial charge < -0.3 is 15.1 Å². The maximum atomic E-state index is 12.1. The summed E-state index contributed by atoms with van der Waals surface area (Å²) in [5.74, 6) is 2.44. The van der Waals surface area contributed by atoms with E-state index in [9.17, 15) is 14.4 Å². The van der Waals surface area contributed by atoms with Gasteiger partial charge in [0, 0.05) is 50.8 Å². The molecule has 1 aliphatic heterocycles. The molecule has 0 saturated carbocycles. The fraction of sp³-hybridized carbons (Fsp3) is 0.407. The molecule has 1 saturated heterocycles. The van der Waals surface area contributed by atoms with Crippen LogP contribution >= 0.6 is 0 Å². The van der Waals surface area contributed by atoms with Gasteiger partial charge in [-0.3, -0.25) is 9.59 Å². The van der Waals surface area contributed by atoms with E-state index in [1.54, 1.807) is 11.8 Å².